The Bertz CT molecular complexity index is 671. The minimum atomic E-state index is -0.574. The van der Waals surface area contributed by atoms with Gasteiger partial charge in [-0.05, 0) is 31.2 Å². The molecule has 2 aromatic rings. The first-order valence-corrected chi connectivity index (χ1v) is 5.76. The molecule has 0 radical (unpaired) electrons. The Morgan fingerprint density at radius 2 is 1.90 bits per heavy atom. The lowest BCUT2D eigenvalue weighted by Gasteiger charge is -2.12. The van der Waals surface area contributed by atoms with Gasteiger partial charge in [-0.3, -0.25) is 0 Å². The Morgan fingerprint density at radius 1 is 1.20 bits per heavy atom. The van der Waals surface area contributed by atoms with E-state index in [1.165, 1.54) is 6.07 Å². The number of oxime groups is 1. The minimum absolute atomic E-state index is 0.0715. The van der Waals surface area contributed by atoms with Gasteiger partial charge >= 0.3 is 0 Å². The molecule has 6 heteroatoms. The van der Waals surface area contributed by atoms with Crippen molar-refractivity contribution in [3.05, 3.63) is 53.3 Å². The standard InChI is InChI=1S/C14H13FN2O3/c1-8-2-4-12(10(6-8)14(16)17-19)20-13-5-3-9(15)7-11(13)18/h2-7,18-19H,1H3,(H2,16,17). The fourth-order valence-corrected chi connectivity index (χ4v) is 1.68. The summed E-state index contributed by atoms with van der Waals surface area (Å²) in [5.74, 6) is -0.674. The molecule has 0 bridgehead atoms. The summed E-state index contributed by atoms with van der Waals surface area (Å²) < 4.78 is 18.4. The molecule has 4 N–H and O–H groups in total. The molecule has 0 heterocycles. The van der Waals surface area contributed by atoms with Crippen LogP contribution in [-0.4, -0.2) is 16.1 Å². The highest BCUT2D eigenvalue weighted by molar-refractivity contribution is 5.99. The predicted molar refractivity (Wildman–Crippen MR) is 71.8 cm³/mol. The number of hydrogen-bond donors (Lipinski definition) is 3. The van der Waals surface area contributed by atoms with Crippen molar-refractivity contribution in [1.82, 2.24) is 0 Å². The Labute approximate surface area is 114 Å². The van der Waals surface area contributed by atoms with E-state index in [2.05, 4.69) is 5.16 Å². The number of aryl methyl sites for hydroxylation is 1. The molecule has 0 amide bonds. The van der Waals surface area contributed by atoms with Crippen LogP contribution in [0.25, 0.3) is 0 Å². The Morgan fingerprint density at radius 3 is 2.55 bits per heavy atom. The number of nitrogens with two attached hydrogens (primary N) is 1. The summed E-state index contributed by atoms with van der Waals surface area (Å²) in [6, 6.07) is 8.44. The number of nitrogens with zero attached hydrogens (tertiary/aromatic N) is 1. The molecule has 0 fully saturated rings. The van der Waals surface area contributed by atoms with Gasteiger partial charge in [-0.2, -0.15) is 0 Å². The molecule has 104 valence electrons. The average Bonchev–Trinajstić information content (AvgIpc) is 2.42. The van der Waals surface area contributed by atoms with Crippen molar-refractivity contribution in [3.8, 4) is 17.2 Å². The first-order valence-electron chi connectivity index (χ1n) is 5.76. The number of rotatable bonds is 3. The van der Waals surface area contributed by atoms with Gasteiger partial charge in [0.15, 0.2) is 17.3 Å². The molecule has 5 nitrogen and oxygen atoms in total. The Hall–Kier alpha value is -2.76. The third-order valence-electron chi connectivity index (χ3n) is 2.66. The maximum absolute atomic E-state index is 12.9. The molecule has 0 atom stereocenters. The third kappa shape index (κ3) is 2.80. The molecule has 0 aliphatic carbocycles. The van der Waals surface area contributed by atoms with Crippen molar-refractivity contribution in [2.45, 2.75) is 6.92 Å². The zero-order valence-electron chi connectivity index (χ0n) is 10.7. The normalized spacial score (nSPS) is 11.4. The van der Waals surface area contributed by atoms with Gasteiger partial charge in [0, 0.05) is 6.07 Å². The van der Waals surface area contributed by atoms with Gasteiger partial charge in [0.05, 0.1) is 5.56 Å². The maximum atomic E-state index is 12.9. The highest BCUT2D eigenvalue weighted by Crippen LogP contribution is 2.33. The first kappa shape index (κ1) is 13.7. The lowest BCUT2D eigenvalue weighted by Crippen LogP contribution is -2.14. The summed E-state index contributed by atoms with van der Waals surface area (Å²) >= 11 is 0. The fraction of sp³-hybridized carbons (Fsp3) is 0.0714. The van der Waals surface area contributed by atoms with Crippen LogP contribution in [0.4, 0.5) is 4.39 Å². The number of phenols is 1. The van der Waals surface area contributed by atoms with Crippen molar-refractivity contribution >= 4 is 5.84 Å². The highest BCUT2D eigenvalue weighted by atomic mass is 19.1. The van der Waals surface area contributed by atoms with Crippen LogP contribution >= 0.6 is 0 Å². The summed E-state index contributed by atoms with van der Waals surface area (Å²) in [6.45, 7) is 1.84. The van der Waals surface area contributed by atoms with Crippen LogP contribution in [0.1, 0.15) is 11.1 Å². The fourth-order valence-electron chi connectivity index (χ4n) is 1.68. The monoisotopic (exact) mass is 276 g/mol. The number of halogens is 1. The van der Waals surface area contributed by atoms with Gasteiger partial charge in [-0.25, -0.2) is 4.39 Å². The van der Waals surface area contributed by atoms with Crippen LogP contribution in [0, 0.1) is 12.7 Å². The van der Waals surface area contributed by atoms with E-state index in [0.29, 0.717) is 5.56 Å². The van der Waals surface area contributed by atoms with E-state index in [4.69, 9.17) is 15.7 Å². The molecule has 0 spiro atoms. The first-order chi connectivity index (χ1) is 9.51. The number of hydrogen-bond acceptors (Lipinski definition) is 4. The van der Waals surface area contributed by atoms with Gasteiger partial charge in [-0.15, -0.1) is 0 Å². The molecule has 0 aliphatic rings. The largest absolute Gasteiger partial charge is 0.504 e. The molecular formula is C14H13FN2O3. The van der Waals surface area contributed by atoms with E-state index >= 15 is 0 Å². The van der Waals surface area contributed by atoms with Gasteiger partial charge < -0.3 is 20.8 Å². The van der Waals surface area contributed by atoms with Crippen molar-refractivity contribution in [2.75, 3.05) is 0 Å². The lowest BCUT2D eigenvalue weighted by atomic mass is 10.1. The molecular weight excluding hydrogens is 263 g/mol. The minimum Gasteiger partial charge on any atom is -0.504 e. The number of aromatic hydroxyl groups is 1. The Balaban J connectivity index is 2.43. The zero-order chi connectivity index (χ0) is 14.7. The summed E-state index contributed by atoms with van der Waals surface area (Å²) in [5, 5.41) is 21.3. The van der Waals surface area contributed by atoms with Crippen molar-refractivity contribution in [1.29, 1.82) is 0 Å². The second-order valence-corrected chi connectivity index (χ2v) is 4.20. The van der Waals surface area contributed by atoms with Crippen molar-refractivity contribution in [2.24, 2.45) is 10.9 Å². The zero-order valence-corrected chi connectivity index (χ0v) is 10.7. The molecule has 20 heavy (non-hydrogen) atoms. The molecule has 0 saturated carbocycles. The van der Waals surface area contributed by atoms with E-state index in [1.54, 1.807) is 18.2 Å². The number of benzene rings is 2. The van der Waals surface area contributed by atoms with Crippen LogP contribution in [0.5, 0.6) is 17.2 Å². The van der Waals surface area contributed by atoms with Gasteiger partial charge in [0.25, 0.3) is 0 Å². The molecule has 0 aromatic heterocycles. The smallest absolute Gasteiger partial charge is 0.173 e. The van der Waals surface area contributed by atoms with Crippen LogP contribution in [0.3, 0.4) is 0 Å². The van der Waals surface area contributed by atoms with Gasteiger partial charge in [0.1, 0.15) is 11.6 Å². The quantitative estimate of drug-likeness (QED) is 0.348. The van der Waals surface area contributed by atoms with E-state index < -0.39 is 5.82 Å². The van der Waals surface area contributed by atoms with Gasteiger partial charge in [-0.1, -0.05) is 16.8 Å². The topological polar surface area (TPSA) is 88.1 Å². The predicted octanol–water partition coefficient (Wildman–Crippen LogP) is 2.73. The number of phenolic OH excluding ortho intramolecular Hbond substituents is 1. The van der Waals surface area contributed by atoms with Crippen molar-refractivity contribution in [3.63, 3.8) is 0 Å². The van der Waals surface area contributed by atoms with E-state index in [0.717, 1.165) is 17.7 Å². The Kier molecular flexibility index (Phi) is 3.74. The van der Waals surface area contributed by atoms with E-state index in [9.17, 15) is 9.50 Å². The third-order valence-corrected chi connectivity index (χ3v) is 2.66. The van der Waals surface area contributed by atoms with Crippen LogP contribution < -0.4 is 10.5 Å². The van der Waals surface area contributed by atoms with Crippen LogP contribution in [0.2, 0.25) is 0 Å². The van der Waals surface area contributed by atoms with E-state index in [1.807, 2.05) is 6.92 Å². The van der Waals surface area contributed by atoms with E-state index in [-0.39, 0.29) is 23.1 Å². The van der Waals surface area contributed by atoms with Crippen molar-refractivity contribution < 1.29 is 19.4 Å². The molecule has 2 rings (SSSR count). The SMILES string of the molecule is Cc1ccc(Oc2ccc(F)cc2O)c(/C(N)=N/O)c1. The lowest BCUT2D eigenvalue weighted by molar-refractivity contribution is 0.318. The molecule has 0 saturated heterocycles. The second kappa shape index (κ2) is 5.48. The summed E-state index contributed by atoms with van der Waals surface area (Å²) in [5.41, 5.74) is 6.84. The summed E-state index contributed by atoms with van der Waals surface area (Å²) in [6.07, 6.45) is 0. The second-order valence-electron chi connectivity index (χ2n) is 4.20. The summed E-state index contributed by atoms with van der Waals surface area (Å²) in [7, 11) is 0. The molecule has 0 aliphatic heterocycles. The van der Waals surface area contributed by atoms with Crippen LogP contribution in [0.15, 0.2) is 41.6 Å². The van der Waals surface area contributed by atoms with Crippen LogP contribution in [-0.2, 0) is 0 Å². The average molecular weight is 276 g/mol. The maximum Gasteiger partial charge on any atom is 0.173 e. The van der Waals surface area contributed by atoms with Gasteiger partial charge in [0.2, 0.25) is 0 Å². The summed E-state index contributed by atoms with van der Waals surface area (Å²) in [4.78, 5) is 0. The molecule has 0 unspecified atom stereocenters. The molecule has 2 aromatic carbocycles. The number of ether oxygens (including phenoxy) is 1. The number of amidine groups is 1. The highest BCUT2D eigenvalue weighted by Gasteiger charge is 2.12.